The topological polar surface area (TPSA) is 40.5 Å². The molecule has 5 rings (SSSR count). The lowest BCUT2D eigenvalue weighted by atomic mass is 9.92. The van der Waals surface area contributed by atoms with Gasteiger partial charge in [-0.2, -0.15) is 0 Å². The van der Waals surface area contributed by atoms with Gasteiger partial charge in [0.15, 0.2) is 0 Å². The number of hydrogen-bond donors (Lipinski definition) is 1. The highest BCUT2D eigenvalue weighted by atomic mass is 16.2. The van der Waals surface area contributed by atoms with Crippen molar-refractivity contribution in [3.05, 3.63) is 101 Å². The molecule has 1 aromatic heterocycles. The fourth-order valence-electron chi connectivity index (χ4n) is 5.45. The minimum atomic E-state index is -0.0262. The van der Waals surface area contributed by atoms with Crippen LogP contribution in [0.25, 0.3) is 6.08 Å². The van der Waals surface area contributed by atoms with E-state index in [2.05, 4.69) is 79.2 Å². The van der Waals surface area contributed by atoms with Crippen molar-refractivity contribution in [3.63, 3.8) is 0 Å². The van der Waals surface area contributed by atoms with Crippen molar-refractivity contribution in [2.45, 2.75) is 45.2 Å². The van der Waals surface area contributed by atoms with Crippen LogP contribution in [0.1, 0.15) is 44.4 Å². The van der Waals surface area contributed by atoms with Crippen molar-refractivity contribution in [3.8, 4) is 0 Å². The number of piperazine rings is 1. The molecule has 0 bridgehead atoms. The fourth-order valence-corrected chi connectivity index (χ4v) is 5.45. The van der Waals surface area contributed by atoms with Crippen LogP contribution in [0.4, 0.5) is 0 Å². The average Bonchev–Trinajstić information content (AvgIpc) is 3.13. The van der Waals surface area contributed by atoms with Gasteiger partial charge in [-0.3, -0.25) is 9.69 Å². The Morgan fingerprint density at radius 3 is 2.47 bits per heavy atom. The van der Waals surface area contributed by atoms with Gasteiger partial charge in [0.25, 0.3) is 5.91 Å². The Labute approximate surface area is 202 Å². The van der Waals surface area contributed by atoms with Crippen molar-refractivity contribution in [1.82, 2.24) is 19.7 Å². The van der Waals surface area contributed by atoms with Crippen molar-refractivity contribution in [2.75, 3.05) is 13.1 Å². The van der Waals surface area contributed by atoms with Gasteiger partial charge >= 0.3 is 0 Å². The summed E-state index contributed by atoms with van der Waals surface area (Å²) < 4.78 is 2.21. The number of fused-ring (bicyclic) bond motifs is 2. The average molecular weight is 455 g/mol. The molecule has 1 aliphatic carbocycles. The summed E-state index contributed by atoms with van der Waals surface area (Å²) in [6.45, 7) is 8.53. The van der Waals surface area contributed by atoms with E-state index in [-0.39, 0.29) is 5.91 Å². The number of aryl methyl sites for hydroxylation is 1. The summed E-state index contributed by atoms with van der Waals surface area (Å²) in [7, 11) is 2.10. The molecule has 5 heteroatoms. The lowest BCUT2D eigenvalue weighted by Gasteiger charge is -2.39. The summed E-state index contributed by atoms with van der Waals surface area (Å²) in [6.07, 6.45) is 23.7. The number of rotatable bonds is 2. The summed E-state index contributed by atoms with van der Waals surface area (Å²) in [4.78, 5) is 17.6. The number of carbonyl (C=O) groups is 1. The SMILES string of the molecule is CC1C/C=C/C(C2=CC(=O)N3C=C(N4C[C@@H](C)N[C@@H](C)C4)C=C/C3=C\C=C2)=C\c2ccn(C)c21. The molecule has 1 aromatic rings. The fraction of sp³-hybridized carbons (Fsp3) is 0.345. The maximum absolute atomic E-state index is 13.5. The van der Waals surface area contributed by atoms with E-state index in [1.165, 1.54) is 11.3 Å². The summed E-state index contributed by atoms with van der Waals surface area (Å²) in [5.41, 5.74) is 6.51. The van der Waals surface area contributed by atoms with Crippen molar-refractivity contribution in [2.24, 2.45) is 7.05 Å². The largest absolute Gasteiger partial charge is 0.367 e. The lowest BCUT2D eigenvalue weighted by Crippen LogP contribution is -2.53. The molecule has 3 aliphatic heterocycles. The highest BCUT2D eigenvalue weighted by Gasteiger charge is 2.26. The summed E-state index contributed by atoms with van der Waals surface area (Å²) in [6, 6.07) is 2.99. The monoisotopic (exact) mass is 454 g/mol. The third-order valence-corrected chi connectivity index (χ3v) is 7.00. The number of nitrogens with zero attached hydrogens (tertiary/aromatic N) is 3. The molecule has 0 spiro atoms. The van der Waals surface area contributed by atoms with Gasteiger partial charge in [0.1, 0.15) is 0 Å². The van der Waals surface area contributed by atoms with Crippen LogP contribution >= 0.6 is 0 Å². The minimum absolute atomic E-state index is 0.0262. The second-order valence-electron chi connectivity index (χ2n) is 9.93. The van der Waals surface area contributed by atoms with E-state index < -0.39 is 0 Å². The zero-order valence-electron chi connectivity index (χ0n) is 20.5. The Morgan fingerprint density at radius 2 is 1.68 bits per heavy atom. The number of carbonyl (C=O) groups excluding carboxylic acids is 1. The van der Waals surface area contributed by atoms with Gasteiger partial charge in [0.05, 0.1) is 5.70 Å². The quantitative estimate of drug-likeness (QED) is 0.700. The predicted octanol–water partition coefficient (Wildman–Crippen LogP) is 4.77. The Hall–Kier alpha value is -3.31. The normalized spacial score (nSPS) is 30.9. The molecule has 1 unspecified atom stereocenters. The third kappa shape index (κ3) is 4.40. The maximum atomic E-state index is 13.5. The predicted molar refractivity (Wildman–Crippen MR) is 139 cm³/mol. The van der Waals surface area contributed by atoms with E-state index in [1.807, 2.05) is 30.5 Å². The molecule has 4 aliphatic rings. The molecule has 0 radical (unpaired) electrons. The first-order chi connectivity index (χ1) is 16.4. The van der Waals surface area contributed by atoms with Crippen LogP contribution in [0.5, 0.6) is 0 Å². The van der Waals surface area contributed by atoms with Gasteiger partial charge in [0, 0.05) is 68.0 Å². The summed E-state index contributed by atoms with van der Waals surface area (Å²) in [5.74, 6) is 0.429. The molecule has 1 fully saturated rings. The number of amides is 1. The number of aromatic nitrogens is 1. The molecule has 0 aromatic carbocycles. The highest BCUT2D eigenvalue weighted by molar-refractivity contribution is 5.93. The highest BCUT2D eigenvalue weighted by Crippen LogP contribution is 2.31. The van der Waals surface area contributed by atoms with Crippen LogP contribution < -0.4 is 5.32 Å². The second-order valence-corrected chi connectivity index (χ2v) is 9.93. The van der Waals surface area contributed by atoms with E-state index in [4.69, 9.17) is 0 Å². The van der Waals surface area contributed by atoms with Gasteiger partial charge in [-0.1, -0.05) is 31.2 Å². The van der Waals surface area contributed by atoms with Gasteiger partial charge < -0.3 is 14.8 Å². The zero-order valence-corrected chi connectivity index (χ0v) is 20.5. The number of allylic oxidation sites excluding steroid dienone is 9. The molecule has 1 amide bonds. The van der Waals surface area contributed by atoms with E-state index in [0.29, 0.717) is 18.0 Å². The van der Waals surface area contributed by atoms with Gasteiger partial charge in [-0.15, -0.1) is 0 Å². The second kappa shape index (κ2) is 9.15. The first-order valence-electron chi connectivity index (χ1n) is 12.3. The molecule has 176 valence electrons. The van der Waals surface area contributed by atoms with Gasteiger partial charge in [-0.05, 0) is 67.3 Å². The van der Waals surface area contributed by atoms with E-state index in [1.54, 1.807) is 11.0 Å². The van der Waals surface area contributed by atoms with Crippen LogP contribution in [-0.4, -0.2) is 45.4 Å². The first kappa shape index (κ1) is 22.5. The van der Waals surface area contributed by atoms with Gasteiger partial charge in [-0.25, -0.2) is 0 Å². The first-order valence-corrected chi connectivity index (χ1v) is 12.3. The lowest BCUT2D eigenvalue weighted by molar-refractivity contribution is -0.122. The van der Waals surface area contributed by atoms with Crippen molar-refractivity contribution in [1.29, 1.82) is 0 Å². The minimum Gasteiger partial charge on any atom is -0.367 e. The van der Waals surface area contributed by atoms with Crippen molar-refractivity contribution < 1.29 is 4.79 Å². The van der Waals surface area contributed by atoms with Crippen molar-refractivity contribution >= 4 is 12.0 Å². The van der Waals surface area contributed by atoms with E-state index >= 15 is 0 Å². The molecule has 1 saturated heterocycles. The maximum Gasteiger partial charge on any atom is 0.255 e. The summed E-state index contributed by atoms with van der Waals surface area (Å²) in [5, 5.41) is 3.58. The van der Waals surface area contributed by atoms with Crippen LogP contribution in [0.15, 0.2) is 89.6 Å². The summed E-state index contributed by atoms with van der Waals surface area (Å²) >= 11 is 0. The molecular weight excluding hydrogens is 420 g/mol. The van der Waals surface area contributed by atoms with E-state index in [9.17, 15) is 4.79 Å². The molecule has 3 atom stereocenters. The standard InChI is InChI=1S/C29H34N4O/c1-20-7-5-8-23(15-25-13-14-31(4)29(20)25)24-9-6-10-26-11-12-27(19-33(26)28(34)16-24)32-17-21(2)30-22(3)18-32/h5-6,8-16,19-22,30H,7,17-18H2,1-4H3/b8-5+,9-6?,23-15+,24-16?,26-10+/t20?,21-,22+. The molecule has 5 nitrogen and oxygen atoms in total. The van der Waals surface area contributed by atoms with Crippen LogP contribution in [0, 0.1) is 0 Å². The number of nitrogens with one attached hydrogen (secondary N) is 1. The molecule has 4 heterocycles. The Balaban J connectivity index is 1.47. The zero-order chi connectivity index (χ0) is 23.8. The van der Waals surface area contributed by atoms with Gasteiger partial charge in [0.2, 0.25) is 0 Å². The van der Waals surface area contributed by atoms with Crippen LogP contribution in [0.2, 0.25) is 0 Å². The molecule has 0 saturated carbocycles. The molecule has 1 N–H and O–H groups in total. The third-order valence-electron chi connectivity index (χ3n) is 7.00. The van der Waals surface area contributed by atoms with Crippen LogP contribution in [0.3, 0.4) is 0 Å². The Kier molecular flexibility index (Phi) is 6.05. The number of hydrogen-bond acceptors (Lipinski definition) is 3. The Bertz CT molecular complexity index is 1190. The van der Waals surface area contributed by atoms with E-state index in [0.717, 1.165) is 42.1 Å². The molecular formula is C29H34N4O. The smallest absolute Gasteiger partial charge is 0.255 e. The Morgan fingerprint density at radius 1 is 0.941 bits per heavy atom. The van der Waals surface area contributed by atoms with Crippen LogP contribution in [-0.2, 0) is 11.8 Å². The molecule has 34 heavy (non-hydrogen) atoms.